The minimum atomic E-state index is -3.55. The molecule has 1 saturated carbocycles. The molecule has 0 amide bonds. The maximum absolute atomic E-state index is 13.0. The molecule has 0 unspecified atom stereocenters. The summed E-state index contributed by atoms with van der Waals surface area (Å²) in [6.07, 6.45) is 9.17. The molecule has 6 nitrogen and oxygen atoms in total. The lowest BCUT2D eigenvalue weighted by molar-refractivity contribution is 0.161. The van der Waals surface area contributed by atoms with Gasteiger partial charge in [0.25, 0.3) is 5.56 Å². The number of sulfonamides is 1. The van der Waals surface area contributed by atoms with Crippen LogP contribution in [-0.2, 0) is 16.4 Å². The van der Waals surface area contributed by atoms with Gasteiger partial charge >= 0.3 is 0 Å². The van der Waals surface area contributed by atoms with Crippen molar-refractivity contribution in [1.29, 1.82) is 0 Å². The summed E-state index contributed by atoms with van der Waals surface area (Å²) in [4.78, 5) is 18.3. The summed E-state index contributed by atoms with van der Waals surface area (Å²) < 4.78 is 29.3. The molecule has 1 aliphatic heterocycles. The fourth-order valence-corrected chi connectivity index (χ4v) is 7.74. The Morgan fingerprint density at radius 2 is 1.82 bits per heavy atom. The predicted molar refractivity (Wildman–Crippen MR) is 138 cm³/mol. The lowest BCUT2D eigenvalue weighted by atomic mass is 9.88. The molecule has 1 aliphatic carbocycles. The van der Waals surface area contributed by atoms with Crippen LogP contribution in [0.25, 0.3) is 10.4 Å². The molecule has 0 bridgehead atoms. The number of hydrogen-bond donors (Lipinski definition) is 2. The summed E-state index contributed by atoms with van der Waals surface area (Å²) in [5.74, 6) is 0.825. The topological polar surface area (TPSA) is 82.3 Å². The van der Waals surface area contributed by atoms with Gasteiger partial charge in [0.05, 0.1) is 0 Å². The number of pyridine rings is 1. The van der Waals surface area contributed by atoms with E-state index in [1.54, 1.807) is 6.07 Å². The van der Waals surface area contributed by atoms with E-state index in [-0.39, 0.29) is 24.0 Å². The number of piperidine rings is 1. The third-order valence-electron chi connectivity index (χ3n) is 6.96. The molecule has 3 heterocycles. The van der Waals surface area contributed by atoms with E-state index >= 15 is 0 Å². The first-order chi connectivity index (χ1) is 15.4. The van der Waals surface area contributed by atoms with Crippen molar-refractivity contribution in [2.24, 2.45) is 5.92 Å². The second-order valence-corrected chi connectivity index (χ2v) is 12.4. The van der Waals surface area contributed by atoms with Crippen LogP contribution in [0.15, 0.2) is 27.2 Å². The molecular formula is C24H36ClN3O3S2. The van der Waals surface area contributed by atoms with Crippen molar-refractivity contribution in [2.75, 3.05) is 19.6 Å². The van der Waals surface area contributed by atoms with Gasteiger partial charge in [-0.2, -0.15) is 0 Å². The highest BCUT2D eigenvalue weighted by atomic mass is 35.5. The van der Waals surface area contributed by atoms with Crippen molar-refractivity contribution in [3.63, 3.8) is 0 Å². The number of nitrogens with one attached hydrogen (secondary N) is 2. The maximum Gasteiger partial charge on any atom is 0.251 e. The van der Waals surface area contributed by atoms with Crippen molar-refractivity contribution in [3.05, 3.63) is 39.8 Å². The average molecular weight is 514 g/mol. The zero-order valence-corrected chi connectivity index (χ0v) is 22.0. The Kier molecular flexibility index (Phi) is 9.20. The van der Waals surface area contributed by atoms with Crippen LogP contribution in [0.5, 0.6) is 0 Å². The molecule has 2 aromatic rings. The van der Waals surface area contributed by atoms with Crippen LogP contribution in [-0.4, -0.2) is 44.0 Å². The Morgan fingerprint density at radius 3 is 2.48 bits per heavy atom. The SMILES string of the molecule is CCc1cc(-c2ccc(S(=O)(=O)NC3CCN(CC4CCCCC4)CC3)s2)c(C)[nH]c1=O.Cl. The van der Waals surface area contributed by atoms with Gasteiger partial charge in [-0.3, -0.25) is 4.79 Å². The van der Waals surface area contributed by atoms with Crippen LogP contribution < -0.4 is 10.3 Å². The Hall–Kier alpha value is -1.19. The number of halogens is 1. The van der Waals surface area contributed by atoms with E-state index in [1.807, 2.05) is 26.0 Å². The molecule has 0 radical (unpaired) electrons. The van der Waals surface area contributed by atoms with Gasteiger partial charge in [-0.1, -0.05) is 26.2 Å². The summed E-state index contributed by atoms with van der Waals surface area (Å²) >= 11 is 1.26. The van der Waals surface area contributed by atoms with Crippen LogP contribution in [0.2, 0.25) is 0 Å². The Labute approximate surface area is 207 Å². The minimum Gasteiger partial charge on any atom is -0.326 e. The number of nitrogens with zero attached hydrogens (tertiary/aromatic N) is 1. The fourth-order valence-electron chi connectivity index (χ4n) is 5.04. The first-order valence-electron chi connectivity index (χ1n) is 11.9. The van der Waals surface area contributed by atoms with Crippen molar-refractivity contribution in [3.8, 4) is 10.4 Å². The molecule has 2 N–H and O–H groups in total. The van der Waals surface area contributed by atoms with Crippen molar-refractivity contribution < 1.29 is 8.42 Å². The number of thiophene rings is 1. The highest BCUT2D eigenvalue weighted by Crippen LogP contribution is 2.33. The smallest absolute Gasteiger partial charge is 0.251 e. The number of aryl methyl sites for hydroxylation is 2. The molecule has 4 rings (SSSR count). The van der Waals surface area contributed by atoms with Gasteiger partial charge in [-0.15, -0.1) is 23.7 Å². The van der Waals surface area contributed by atoms with Gasteiger partial charge in [0, 0.05) is 34.3 Å². The van der Waals surface area contributed by atoms with E-state index in [4.69, 9.17) is 0 Å². The van der Waals surface area contributed by atoms with Gasteiger partial charge in [0.1, 0.15) is 4.21 Å². The molecule has 2 aromatic heterocycles. The zero-order chi connectivity index (χ0) is 22.7. The summed E-state index contributed by atoms with van der Waals surface area (Å²) in [6, 6.07) is 5.39. The summed E-state index contributed by atoms with van der Waals surface area (Å²) in [6.45, 7) is 6.90. The summed E-state index contributed by atoms with van der Waals surface area (Å²) in [5.41, 5.74) is 2.29. The normalized spacial score (nSPS) is 18.8. The highest BCUT2D eigenvalue weighted by Gasteiger charge is 2.27. The first-order valence-corrected chi connectivity index (χ1v) is 14.2. The largest absolute Gasteiger partial charge is 0.326 e. The van der Waals surface area contributed by atoms with E-state index in [9.17, 15) is 13.2 Å². The van der Waals surface area contributed by atoms with Crippen LogP contribution in [0.4, 0.5) is 0 Å². The molecule has 0 aromatic carbocycles. The van der Waals surface area contributed by atoms with Crippen LogP contribution in [0.3, 0.4) is 0 Å². The number of hydrogen-bond acceptors (Lipinski definition) is 5. The van der Waals surface area contributed by atoms with Gasteiger partial charge in [-0.25, -0.2) is 13.1 Å². The minimum absolute atomic E-state index is 0. The molecule has 2 aliphatic rings. The van der Waals surface area contributed by atoms with Gasteiger partial charge in [-0.05, 0) is 76.2 Å². The standard InChI is InChI=1S/C24H35N3O3S2.ClH/c1-3-19-15-21(17(2)25-24(19)28)22-9-10-23(31-22)32(29,30)26-20-11-13-27(14-12-20)16-18-7-5-4-6-8-18;/h9-10,15,18,20,26H,3-8,11-14,16H2,1-2H3,(H,25,28);1H. The zero-order valence-electron chi connectivity index (χ0n) is 19.6. The number of likely N-dealkylation sites (tertiary alicyclic amines) is 1. The van der Waals surface area contributed by atoms with Crippen molar-refractivity contribution in [2.45, 2.75) is 75.5 Å². The van der Waals surface area contributed by atoms with Crippen LogP contribution in [0, 0.1) is 12.8 Å². The lowest BCUT2D eigenvalue weighted by Crippen LogP contribution is -2.45. The molecule has 2 fully saturated rings. The van der Waals surface area contributed by atoms with Gasteiger partial charge in [0.2, 0.25) is 10.0 Å². The average Bonchev–Trinajstić information content (AvgIpc) is 3.27. The molecular weight excluding hydrogens is 478 g/mol. The van der Waals surface area contributed by atoms with Gasteiger partial charge < -0.3 is 9.88 Å². The molecule has 0 atom stereocenters. The highest BCUT2D eigenvalue weighted by molar-refractivity contribution is 7.91. The molecule has 33 heavy (non-hydrogen) atoms. The molecule has 184 valence electrons. The molecule has 0 spiro atoms. The first kappa shape index (κ1) is 26.4. The number of H-pyrrole nitrogens is 1. The summed E-state index contributed by atoms with van der Waals surface area (Å²) in [7, 11) is -3.55. The Bertz CT molecular complexity index is 1080. The van der Waals surface area contributed by atoms with E-state index in [2.05, 4.69) is 14.6 Å². The fraction of sp³-hybridized carbons (Fsp3) is 0.625. The van der Waals surface area contributed by atoms with E-state index < -0.39 is 10.0 Å². The monoisotopic (exact) mass is 513 g/mol. The Balaban J connectivity index is 0.00000306. The lowest BCUT2D eigenvalue weighted by Gasteiger charge is -2.35. The van der Waals surface area contributed by atoms with Crippen molar-refractivity contribution >= 4 is 33.8 Å². The van der Waals surface area contributed by atoms with Crippen LogP contribution >= 0.6 is 23.7 Å². The summed E-state index contributed by atoms with van der Waals surface area (Å²) in [5, 5.41) is 0. The molecule has 1 saturated heterocycles. The molecule has 9 heteroatoms. The third-order valence-corrected chi connectivity index (χ3v) is 10.1. The van der Waals surface area contributed by atoms with E-state index in [0.29, 0.717) is 16.2 Å². The number of aromatic nitrogens is 1. The van der Waals surface area contributed by atoms with E-state index in [0.717, 1.165) is 48.0 Å². The third kappa shape index (κ3) is 6.48. The Morgan fingerprint density at radius 1 is 1.12 bits per heavy atom. The van der Waals surface area contributed by atoms with Crippen molar-refractivity contribution in [1.82, 2.24) is 14.6 Å². The van der Waals surface area contributed by atoms with E-state index in [1.165, 1.54) is 50.0 Å². The van der Waals surface area contributed by atoms with Gasteiger partial charge in [0.15, 0.2) is 0 Å². The second-order valence-electron chi connectivity index (χ2n) is 9.33. The van der Waals surface area contributed by atoms with Crippen LogP contribution in [0.1, 0.15) is 63.1 Å². The quantitative estimate of drug-likeness (QED) is 0.561. The second kappa shape index (κ2) is 11.5. The maximum atomic E-state index is 13.0. The number of rotatable bonds is 7. The number of aromatic amines is 1. The predicted octanol–water partition coefficient (Wildman–Crippen LogP) is 4.72.